The lowest BCUT2D eigenvalue weighted by molar-refractivity contribution is 0.627. The van der Waals surface area contributed by atoms with Gasteiger partial charge in [-0.05, 0) is 36.8 Å². The number of nitrogens with two attached hydrogens (primary N) is 1. The fraction of sp³-hybridized carbons (Fsp3) is 0.0833. The van der Waals surface area contributed by atoms with E-state index in [0.717, 1.165) is 11.3 Å². The maximum atomic E-state index is 13.0. The first-order valence-corrected chi connectivity index (χ1v) is 5.63. The maximum Gasteiger partial charge on any atom is 0.163 e. The maximum absolute atomic E-state index is 13.0. The van der Waals surface area contributed by atoms with E-state index in [4.69, 9.17) is 18.0 Å². The van der Waals surface area contributed by atoms with Crippen LogP contribution in [0.3, 0.4) is 0 Å². The molecule has 1 aromatic carbocycles. The van der Waals surface area contributed by atoms with E-state index in [-0.39, 0.29) is 10.8 Å². The first-order valence-electron chi connectivity index (χ1n) is 5.22. The summed E-state index contributed by atoms with van der Waals surface area (Å²) >= 11 is 4.93. The molecule has 0 unspecified atom stereocenters. The summed E-state index contributed by atoms with van der Waals surface area (Å²) in [6.07, 6.45) is 1.51. The molecule has 6 heteroatoms. The van der Waals surface area contributed by atoms with E-state index in [1.807, 2.05) is 0 Å². The zero-order chi connectivity index (χ0) is 13.1. The second-order valence-electron chi connectivity index (χ2n) is 3.74. The van der Waals surface area contributed by atoms with Gasteiger partial charge in [-0.15, -0.1) is 5.10 Å². The van der Waals surface area contributed by atoms with Gasteiger partial charge in [0, 0.05) is 5.69 Å². The first-order chi connectivity index (χ1) is 8.58. The third-order valence-electron chi connectivity index (χ3n) is 2.43. The van der Waals surface area contributed by atoms with Crippen LogP contribution in [0, 0.1) is 12.7 Å². The Morgan fingerprint density at radius 1 is 1.39 bits per heavy atom. The summed E-state index contributed by atoms with van der Waals surface area (Å²) in [4.78, 5) is 0.229. The van der Waals surface area contributed by atoms with Gasteiger partial charge in [-0.25, -0.2) is 4.39 Å². The monoisotopic (exact) mass is 262 g/mol. The Hall–Kier alpha value is -2.08. The molecule has 0 aliphatic heterocycles. The number of rotatable bonds is 3. The first kappa shape index (κ1) is 12.4. The highest BCUT2D eigenvalue weighted by Gasteiger charge is 2.08. The summed E-state index contributed by atoms with van der Waals surface area (Å²) in [6, 6.07) is 6.10. The molecule has 2 rings (SSSR count). The van der Waals surface area contributed by atoms with Crippen molar-refractivity contribution in [1.29, 1.82) is 0 Å². The molecule has 1 heterocycles. The van der Waals surface area contributed by atoms with Crippen LogP contribution in [0.15, 0.2) is 30.5 Å². The second-order valence-corrected chi connectivity index (χ2v) is 4.18. The van der Waals surface area contributed by atoms with E-state index in [1.54, 1.807) is 19.1 Å². The van der Waals surface area contributed by atoms with Gasteiger partial charge in [0.25, 0.3) is 0 Å². The number of aryl methyl sites for hydroxylation is 1. The standard InChI is InChI=1S/C12H11FN4S/c1-7-6-8(13)2-3-10(7)16-12-9(11(14)18)4-5-15-17-12/h2-6H,1H3,(H2,14,18)(H,16,17). The van der Waals surface area contributed by atoms with Gasteiger partial charge >= 0.3 is 0 Å². The topological polar surface area (TPSA) is 63.8 Å². The van der Waals surface area contributed by atoms with Crippen LogP contribution in [0.2, 0.25) is 0 Å². The molecule has 1 aromatic heterocycles. The van der Waals surface area contributed by atoms with Crippen LogP contribution >= 0.6 is 12.2 Å². The Kier molecular flexibility index (Phi) is 3.47. The molecule has 0 atom stereocenters. The number of thiocarbonyl (C=S) groups is 1. The minimum Gasteiger partial charge on any atom is -0.389 e. The van der Waals surface area contributed by atoms with Crippen molar-refractivity contribution < 1.29 is 4.39 Å². The Morgan fingerprint density at radius 2 is 2.17 bits per heavy atom. The van der Waals surface area contributed by atoms with E-state index in [0.29, 0.717) is 11.4 Å². The van der Waals surface area contributed by atoms with Gasteiger partial charge in [0.1, 0.15) is 10.8 Å². The number of aromatic nitrogens is 2. The van der Waals surface area contributed by atoms with E-state index >= 15 is 0 Å². The normalized spacial score (nSPS) is 10.1. The Balaban J connectivity index is 2.37. The van der Waals surface area contributed by atoms with Crippen molar-refractivity contribution in [2.75, 3.05) is 5.32 Å². The second kappa shape index (κ2) is 5.05. The van der Waals surface area contributed by atoms with E-state index in [9.17, 15) is 4.39 Å². The Labute approximate surface area is 109 Å². The fourth-order valence-electron chi connectivity index (χ4n) is 1.52. The predicted octanol–water partition coefficient (Wildman–Crippen LogP) is 2.30. The molecule has 0 saturated carbocycles. The van der Waals surface area contributed by atoms with E-state index < -0.39 is 0 Å². The van der Waals surface area contributed by atoms with Gasteiger partial charge in [-0.2, -0.15) is 5.10 Å². The smallest absolute Gasteiger partial charge is 0.163 e. The van der Waals surface area contributed by atoms with Crippen LogP contribution in [-0.4, -0.2) is 15.2 Å². The van der Waals surface area contributed by atoms with Gasteiger partial charge in [0.15, 0.2) is 5.82 Å². The molecule has 0 aliphatic rings. The Morgan fingerprint density at radius 3 is 2.83 bits per heavy atom. The van der Waals surface area contributed by atoms with Crippen molar-refractivity contribution in [3.05, 3.63) is 47.4 Å². The van der Waals surface area contributed by atoms with Crippen molar-refractivity contribution in [2.45, 2.75) is 6.92 Å². The lowest BCUT2D eigenvalue weighted by Gasteiger charge is -2.11. The molecule has 92 valence electrons. The summed E-state index contributed by atoms with van der Waals surface area (Å²) < 4.78 is 13.0. The van der Waals surface area contributed by atoms with Crippen LogP contribution < -0.4 is 11.1 Å². The van der Waals surface area contributed by atoms with Crippen LogP contribution in [0.5, 0.6) is 0 Å². The summed E-state index contributed by atoms with van der Waals surface area (Å²) in [5.41, 5.74) is 7.68. The van der Waals surface area contributed by atoms with Crippen molar-refractivity contribution in [1.82, 2.24) is 10.2 Å². The third-order valence-corrected chi connectivity index (χ3v) is 2.65. The molecule has 0 spiro atoms. The summed E-state index contributed by atoms with van der Waals surface area (Å²) in [5, 5.41) is 10.7. The summed E-state index contributed by atoms with van der Waals surface area (Å²) in [7, 11) is 0. The highest BCUT2D eigenvalue weighted by atomic mass is 32.1. The predicted molar refractivity (Wildman–Crippen MR) is 72.3 cm³/mol. The zero-order valence-electron chi connectivity index (χ0n) is 9.64. The molecule has 0 bridgehead atoms. The number of nitrogens with zero attached hydrogens (tertiary/aromatic N) is 2. The van der Waals surface area contributed by atoms with E-state index in [1.165, 1.54) is 18.3 Å². The molecule has 0 amide bonds. The fourth-order valence-corrected chi connectivity index (χ4v) is 1.68. The quantitative estimate of drug-likeness (QED) is 0.831. The average molecular weight is 262 g/mol. The van der Waals surface area contributed by atoms with Crippen LogP contribution in [-0.2, 0) is 0 Å². The van der Waals surface area contributed by atoms with Gasteiger partial charge in [-0.1, -0.05) is 12.2 Å². The molecule has 3 N–H and O–H groups in total. The van der Waals surface area contributed by atoms with Crippen LogP contribution in [0.4, 0.5) is 15.9 Å². The molecule has 0 radical (unpaired) electrons. The lowest BCUT2D eigenvalue weighted by atomic mass is 10.2. The molecule has 2 aromatic rings. The number of hydrogen-bond donors (Lipinski definition) is 2. The molecule has 0 aliphatic carbocycles. The number of nitrogens with one attached hydrogen (secondary N) is 1. The summed E-state index contributed by atoms with van der Waals surface area (Å²) in [5.74, 6) is 0.173. The van der Waals surface area contributed by atoms with Gasteiger partial charge < -0.3 is 11.1 Å². The number of anilines is 2. The van der Waals surface area contributed by atoms with Crippen molar-refractivity contribution >= 4 is 28.7 Å². The highest BCUT2D eigenvalue weighted by Crippen LogP contribution is 2.21. The third kappa shape index (κ3) is 2.60. The molecule has 0 fully saturated rings. The minimum atomic E-state index is -0.285. The molecule has 4 nitrogen and oxygen atoms in total. The zero-order valence-corrected chi connectivity index (χ0v) is 10.5. The van der Waals surface area contributed by atoms with Crippen LogP contribution in [0.1, 0.15) is 11.1 Å². The van der Waals surface area contributed by atoms with Gasteiger partial charge in [0.05, 0.1) is 11.8 Å². The molecular formula is C12H11FN4S. The lowest BCUT2D eigenvalue weighted by Crippen LogP contribution is -2.13. The molecular weight excluding hydrogens is 251 g/mol. The van der Waals surface area contributed by atoms with Crippen molar-refractivity contribution in [3.63, 3.8) is 0 Å². The average Bonchev–Trinajstić information content (AvgIpc) is 2.33. The molecule has 0 saturated heterocycles. The minimum absolute atomic E-state index is 0.229. The SMILES string of the molecule is Cc1cc(F)ccc1Nc1nnccc1C(N)=S. The highest BCUT2D eigenvalue weighted by molar-refractivity contribution is 7.80. The largest absolute Gasteiger partial charge is 0.389 e. The number of hydrogen-bond acceptors (Lipinski definition) is 4. The van der Waals surface area contributed by atoms with Crippen molar-refractivity contribution in [3.8, 4) is 0 Å². The van der Waals surface area contributed by atoms with Crippen molar-refractivity contribution in [2.24, 2.45) is 5.73 Å². The molecule has 18 heavy (non-hydrogen) atoms. The van der Waals surface area contributed by atoms with Gasteiger partial charge in [-0.3, -0.25) is 0 Å². The number of benzene rings is 1. The number of halogens is 1. The van der Waals surface area contributed by atoms with E-state index in [2.05, 4.69) is 15.5 Å². The Bertz CT molecular complexity index is 600. The van der Waals surface area contributed by atoms with Crippen LogP contribution in [0.25, 0.3) is 0 Å². The van der Waals surface area contributed by atoms with Gasteiger partial charge in [0.2, 0.25) is 0 Å². The summed E-state index contributed by atoms with van der Waals surface area (Å²) in [6.45, 7) is 1.79.